The molecule has 1 aliphatic rings. The van der Waals surface area contributed by atoms with Crippen molar-refractivity contribution in [3.63, 3.8) is 0 Å². The molecule has 1 atom stereocenters. The Kier molecular flexibility index (Phi) is 3.16. The number of halogens is 1. The van der Waals surface area contributed by atoms with Crippen molar-refractivity contribution in [2.24, 2.45) is 0 Å². The number of benzene rings is 1. The second kappa shape index (κ2) is 4.97. The number of fused-ring (bicyclic) bond motifs is 1. The molecule has 0 unspecified atom stereocenters. The van der Waals surface area contributed by atoms with E-state index < -0.39 is 0 Å². The number of para-hydroxylation sites is 1. The van der Waals surface area contributed by atoms with Gasteiger partial charge in [0.05, 0.1) is 12.4 Å². The molecule has 0 saturated heterocycles. The normalized spacial score (nSPS) is 16.6. The maximum Gasteiger partial charge on any atom is 0.248 e. The van der Waals surface area contributed by atoms with Crippen LogP contribution in [-0.4, -0.2) is 21.9 Å². The van der Waals surface area contributed by atoms with Crippen molar-refractivity contribution in [1.29, 1.82) is 0 Å². The molecule has 2 aromatic rings. The number of amides is 1. The van der Waals surface area contributed by atoms with Gasteiger partial charge in [0.1, 0.15) is 10.6 Å². The fraction of sp³-hybridized carbons (Fsp3) is 0.154. The van der Waals surface area contributed by atoms with Gasteiger partial charge in [-0.05, 0) is 27.6 Å². The molecule has 0 aliphatic carbocycles. The Balaban J connectivity index is 1.68. The molecule has 2 heterocycles. The highest BCUT2D eigenvalue weighted by molar-refractivity contribution is 9.10. The van der Waals surface area contributed by atoms with Crippen molar-refractivity contribution in [2.45, 2.75) is 12.5 Å². The van der Waals surface area contributed by atoms with Gasteiger partial charge in [-0.15, -0.1) is 0 Å². The van der Waals surface area contributed by atoms with Gasteiger partial charge in [-0.2, -0.15) is 0 Å². The lowest BCUT2D eigenvalue weighted by molar-refractivity contribution is -0.116. The summed E-state index contributed by atoms with van der Waals surface area (Å²) in [7, 11) is 0. The zero-order valence-electron chi connectivity index (χ0n) is 9.93. The number of nitrogens with zero attached hydrogens (tertiary/aromatic N) is 2. The Morgan fingerprint density at radius 1 is 1.32 bits per heavy atom. The van der Waals surface area contributed by atoms with E-state index in [0.717, 1.165) is 11.3 Å². The summed E-state index contributed by atoms with van der Waals surface area (Å²) in [5, 5.41) is 5.95. The number of anilines is 2. The molecule has 5 nitrogen and oxygen atoms in total. The van der Waals surface area contributed by atoms with Crippen LogP contribution in [0.5, 0.6) is 0 Å². The Morgan fingerprint density at radius 2 is 2.16 bits per heavy atom. The van der Waals surface area contributed by atoms with Gasteiger partial charge in [0, 0.05) is 12.1 Å². The first-order valence-corrected chi connectivity index (χ1v) is 6.64. The molecule has 6 heteroatoms. The van der Waals surface area contributed by atoms with Gasteiger partial charge in [-0.25, -0.2) is 9.97 Å². The van der Waals surface area contributed by atoms with E-state index in [1.165, 1.54) is 6.20 Å². The smallest absolute Gasteiger partial charge is 0.248 e. The zero-order chi connectivity index (χ0) is 13.2. The molecule has 0 saturated carbocycles. The van der Waals surface area contributed by atoms with E-state index in [1.54, 1.807) is 6.20 Å². The standard InChI is InChI=1S/C13H11BrN4O/c14-11-6-16-12(7-15-11)18-13(19)10-5-8-3-1-2-4-9(8)17-10/h1-4,6-7,10,17H,5H2,(H,16,18,19)/t10-/m0/s1. The molecule has 0 radical (unpaired) electrons. The third-order valence-electron chi connectivity index (χ3n) is 2.96. The molecule has 19 heavy (non-hydrogen) atoms. The number of rotatable bonds is 2. The molecule has 0 spiro atoms. The quantitative estimate of drug-likeness (QED) is 0.891. The third kappa shape index (κ3) is 2.58. The van der Waals surface area contributed by atoms with Crippen molar-refractivity contribution in [1.82, 2.24) is 9.97 Å². The molecule has 1 aromatic carbocycles. The first kappa shape index (κ1) is 12.1. The van der Waals surface area contributed by atoms with E-state index in [4.69, 9.17) is 0 Å². The summed E-state index contributed by atoms with van der Waals surface area (Å²) in [6.07, 6.45) is 3.75. The van der Waals surface area contributed by atoms with E-state index in [2.05, 4.69) is 36.5 Å². The first-order chi connectivity index (χ1) is 9.22. The number of hydrogen-bond acceptors (Lipinski definition) is 4. The van der Waals surface area contributed by atoms with Crippen molar-refractivity contribution in [2.75, 3.05) is 10.6 Å². The summed E-state index contributed by atoms with van der Waals surface area (Å²) in [4.78, 5) is 20.2. The summed E-state index contributed by atoms with van der Waals surface area (Å²) in [6, 6.07) is 7.66. The zero-order valence-corrected chi connectivity index (χ0v) is 11.5. The molecular weight excluding hydrogens is 308 g/mol. The molecule has 3 rings (SSSR count). The second-order valence-electron chi connectivity index (χ2n) is 4.27. The fourth-order valence-corrected chi connectivity index (χ4v) is 2.25. The number of hydrogen-bond donors (Lipinski definition) is 2. The monoisotopic (exact) mass is 318 g/mol. The minimum absolute atomic E-state index is 0.104. The van der Waals surface area contributed by atoms with E-state index in [0.29, 0.717) is 16.8 Å². The predicted molar refractivity (Wildman–Crippen MR) is 75.9 cm³/mol. The summed E-state index contributed by atoms with van der Waals surface area (Å²) < 4.78 is 0.636. The molecule has 2 N–H and O–H groups in total. The first-order valence-electron chi connectivity index (χ1n) is 5.85. The second-order valence-corrected chi connectivity index (χ2v) is 5.08. The lowest BCUT2D eigenvalue weighted by Crippen LogP contribution is -2.33. The lowest BCUT2D eigenvalue weighted by atomic mass is 10.1. The van der Waals surface area contributed by atoms with Crippen LogP contribution in [0, 0.1) is 0 Å². The number of aromatic nitrogens is 2. The maximum absolute atomic E-state index is 12.1. The molecule has 1 amide bonds. The average molecular weight is 319 g/mol. The number of carbonyl (C=O) groups is 1. The van der Waals surface area contributed by atoms with Crippen molar-refractivity contribution in [3.8, 4) is 0 Å². The largest absolute Gasteiger partial charge is 0.373 e. The van der Waals surface area contributed by atoms with Crippen LogP contribution >= 0.6 is 15.9 Å². The topological polar surface area (TPSA) is 66.9 Å². The highest BCUT2D eigenvalue weighted by Crippen LogP contribution is 2.25. The summed E-state index contributed by atoms with van der Waals surface area (Å²) >= 11 is 3.20. The van der Waals surface area contributed by atoms with Gasteiger partial charge >= 0.3 is 0 Å². The number of carbonyl (C=O) groups excluding carboxylic acids is 1. The van der Waals surface area contributed by atoms with Gasteiger partial charge in [0.25, 0.3) is 0 Å². The van der Waals surface area contributed by atoms with Crippen LogP contribution in [0.4, 0.5) is 11.5 Å². The molecule has 0 bridgehead atoms. The van der Waals surface area contributed by atoms with Crippen LogP contribution in [0.1, 0.15) is 5.56 Å². The Bertz CT molecular complexity index is 589. The van der Waals surface area contributed by atoms with Crippen LogP contribution in [0.25, 0.3) is 0 Å². The van der Waals surface area contributed by atoms with Crippen LogP contribution in [-0.2, 0) is 11.2 Å². The van der Waals surface area contributed by atoms with E-state index in [1.807, 2.05) is 24.3 Å². The highest BCUT2D eigenvalue weighted by Gasteiger charge is 2.26. The van der Waals surface area contributed by atoms with Crippen LogP contribution in [0.15, 0.2) is 41.3 Å². The Morgan fingerprint density at radius 3 is 2.89 bits per heavy atom. The SMILES string of the molecule is O=C(Nc1cnc(Br)cn1)[C@@H]1Cc2ccccc2N1. The van der Waals surface area contributed by atoms with Crippen molar-refractivity contribution >= 4 is 33.3 Å². The van der Waals surface area contributed by atoms with E-state index >= 15 is 0 Å². The molecular formula is C13H11BrN4O. The molecule has 0 fully saturated rings. The molecule has 1 aromatic heterocycles. The van der Waals surface area contributed by atoms with Crippen molar-refractivity contribution < 1.29 is 4.79 Å². The van der Waals surface area contributed by atoms with Gasteiger partial charge in [-0.1, -0.05) is 18.2 Å². The average Bonchev–Trinajstić information content (AvgIpc) is 2.85. The fourth-order valence-electron chi connectivity index (χ4n) is 2.05. The van der Waals surface area contributed by atoms with E-state index in [9.17, 15) is 4.79 Å². The van der Waals surface area contributed by atoms with Gasteiger partial charge in [0.15, 0.2) is 5.82 Å². The van der Waals surface area contributed by atoms with Crippen LogP contribution in [0.3, 0.4) is 0 Å². The van der Waals surface area contributed by atoms with Crippen LogP contribution in [0.2, 0.25) is 0 Å². The minimum atomic E-state index is -0.261. The summed E-state index contributed by atoms with van der Waals surface area (Å²) in [5.41, 5.74) is 2.18. The number of nitrogens with one attached hydrogen (secondary N) is 2. The Labute approximate surface area is 118 Å². The van der Waals surface area contributed by atoms with Gasteiger partial charge < -0.3 is 10.6 Å². The Hall–Kier alpha value is -1.95. The summed E-state index contributed by atoms with van der Waals surface area (Å²) in [5.74, 6) is 0.346. The lowest BCUT2D eigenvalue weighted by Gasteiger charge is -2.11. The van der Waals surface area contributed by atoms with Crippen molar-refractivity contribution in [3.05, 3.63) is 46.8 Å². The maximum atomic E-state index is 12.1. The predicted octanol–water partition coefficient (Wildman–Crippen LogP) is 2.21. The molecule has 96 valence electrons. The van der Waals surface area contributed by atoms with Gasteiger partial charge in [-0.3, -0.25) is 4.79 Å². The van der Waals surface area contributed by atoms with E-state index in [-0.39, 0.29) is 11.9 Å². The minimum Gasteiger partial charge on any atom is -0.373 e. The third-order valence-corrected chi connectivity index (χ3v) is 3.37. The molecule has 1 aliphatic heterocycles. The van der Waals surface area contributed by atoms with Crippen LogP contribution < -0.4 is 10.6 Å². The summed E-state index contributed by atoms with van der Waals surface area (Å²) in [6.45, 7) is 0. The van der Waals surface area contributed by atoms with Gasteiger partial charge in [0.2, 0.25) is 5.91 Å². The highest BCUT2D eigenvalue weighted by atomic mass is 79.9.